The van der Waals surface area contributed by atoms with Gasteiger partial charge >= 0.3 is 11.9 Å². The largest absolute Gasteiger partial charge is 0.492 e. The first-order chi connectivity index (χ1) is 15.3. The number of piperidine rings is 1. The zero-order valence-electron chi connectivity index (χ0n) is 17.5. The van der Waals surface area contributed by atoms with E-state index in [4.69, 9.17) is 38.2 Å². The van der Waals surface area contributed by atoms with Crippen molar-refractivity contribution in [2.24, 2.45) is 5.92 Å². The molecule has 1 aromatic heterocycles. The van der Waals surface area contributed by atoms with Crippen molar-refractivity contribution in [2.45, 2.75) is 37.3 Å². The molecule has 2 aromatic rings. The lowest BCUT2D eigenvalue weighted by Crippen LogP contribution is -2.47. The first kappa shape index (κ1) is 24.6. The van der Waals surface area contributed by atoms with E-state index in [1.54, 1.807) is 6.07 Å². The lowest BCUT2D eigenvalue weighted by Gasteiger charge is -2.42. The Hall–Kier alpha value is -2.06. The monoisotopic (exact) mass is 497 g/mol. The maximum atomic E-state index is 9.55. The zero-order valence-corrected chi connectivity index (χ0v) is 19.8. The van der Waals surface area contributed by atoms with Crippen LogP contribution in [-0.2, 0) is 9.59 Å². The van der Waals surface area contributed by atoms with Crippen LogP contribution in [0.15, 0.2) is 47.9 Å². The van der Waals surface area contributed by atoms with Gasteiger partial charge in [0.1, 0.15) is 10.8 Å². The van der Waals surface area contributed by atoms with Crippen molar-refractivity contribution in [3.05, 3.63) is 62.8 Å². The number of hydrogen-bond acceptors (Lipinski definition) is 5. The highest BCUT2D eigenvalue weighted by Crippen LogP contribution is 2.47. The van der Waals surface area contributed by atoms with Crippen molar-refractivity contribution in [1.29, 1.82) is 0 Å². The highest BCUT2D eigenvalue weighted by Gasteiger charge is 2.46. The topological polar surface area (TPSA) is 87.1 Å². The average molecular weight is 498 g/mol. The summed E-state index contributed by atoms with van der Waals surface area (Å²) in [5, 5.41) is 18.9. The molecule has 0 radical (unpaired) electrons. The Balaban J connectivity index is 0.000000312. The van der Waals surface area contributed by atoms with Gasteiger partial charge in [0.25, 0.3) is 0 Å². The maximum Gasteiger partial charge on any atom is 0.328 e. The second-order valence-corrected chi connectivity index (χ2v) is 9.62. The standard InChI is InChI=1S/C19H21Cl2NOS.C4H4O4/c1-22-12-7-8-16(22)14(13(10-12)18-6-3-9-24-18)11-23-17-5-2-4-15(20)19(17)21;5-3(6)1-2-4(7)8/h2-6,9,12-14,16H,7-8,10-11H2,1H3;1-2H,(H,5,6)(H,7,8)/b;2-1+/t12?,13-,14+,16?;/m0./s1. The van der Waals surface area contributed by atoms with Gasteiger partial charge in [-0.15, -0.1) is 11.3 Å². The van der Waals surface area contributed by atoms with Crippen LogP contribution in [-0.4, -0.2) is 52.8 Å². The highest BCUT2D eigenvalue weighted by atomic mass is 35.5. The summed E-state index contributed by atoms with van der Waals surface area (Å²) in [6, 6.07) is 11.3. The molecule has 2 saturated heterocycles. The van der Waals surface area contributed by atoms with Crippen LogP contribution < -0.4 is 4.74 Å². The predicted molar refractivity (Wildman–Crippen MR) is 126 cm³/mol. The van der Waals surface area contributed by atoms with Crippen LogP contribution in [0.4, 0.5) is 0 Å². The van der Waals surface area contributed by atoms with Gasteiger partial charge in [-0.3, -0.25) is 0 Å². The molecule has 2 N–H and O–H groups in total. The quantitative estimate of drug-likeness (QED) is 0.518. The fraction of sp³-hybridized carbons (Fsp3) is 0.391. The summed E-state index contributed by atoms with van der Waals surface area (Å²) in [5.41, 5.74) is 0. The number of hydrogen-bond donors (Lipinski definition) is 2. The van der Waals surface area contributed by atoms with Crippen LogP contribution in [0.3, 0.4) is 0 Å². The number of halogens is 2. The van der Waals surface area contributed by atoms with Gasteiger partial charge in [-0.1, -0.05) is 35.3 Å². The van der Waals surface area contributed by atoms with Crippen LogP contribution in [0.1, 0.15) is 30.1 Å². The van der Waals surface area contributed by atoms with Crippen LogP contribution in [0.5, 0.6) is 5.75 Å². The fourth-order valence-corrected chi connectivity index (χ4v) is 5.82. The predicted octanol–water partition coefficient (Wildman–Crippen LogP) is 5.41. The minimum Gasteiger partial charge on any atom is -0.492 e. The molecule has 0 amide bonds. The number of nitrogens with zero attached hydrogens (tertiary/aromatic N) is 1. The van der Waals surface area contributed by atoms with E-state index in [-0.39, 0.29) is 0 Å². The number of aliphatic carboxylic acids is 2. The van der Waals surface area contributed by atoms with Crippen LogP contribution in [0.2, 0.25) is 10.0 Å². The van der Waals surface area contributed by atoms with Gasteiger partial charge in [-0.2, -0.15) is 0 Å². The number of carboxylic acids is 2. The van der Waals surface area contributed by atoms with E-state index in [1.165, 1.54) is 24.1 Å². The van der Waals surface area contributed by atoms with E-state index >= 15 is 0 Å². The third-order valence-corrected chi connectivity index (χ3v) is 7.86. The van der Waals surface area contributed by atoms with Gasteiger partial charge < -0.3 is 19.8 Å². The summed E-state index contributed by atoms with van der Waals surface area (Å²) < 4.78 is 6.15. The molecule has 2 aliphatic heterocycles. The summed E-state index contributed by atoms with van der Waals surface area (Å²) in [4.78, 5) is 23.2. The first-order valence-corrected chi connectivity index (χ1v) is 11.9. The molecule has 0 spiro atoms. The Morgan fingerprint density at radius 2 is 1.88 bits per heavy atom. The van der Waals surface area contributed by atoms with Crippen LogP contribution in [0, 0.1) is 5.92 Å². The number of carbonyl (C=O) groups is 2. The summed E-state index contributed by atoms with van der Waals surface area (Å²) in [7, 11) is 2.27. The van der Waals surface area contributed by atoms with E-state index in [0.29, 0.717) is 58.5 Å². The first-order valence-electron chi connectivity index (χ1n) is 10.2. The SMILES string of the molecule is CN1C2CCC1[C@H](COc1cccc(Cl)c1Cl)[C@@H](c1cccs1)C2.O=C(O)/C=C/C(=O)O. The molecule has 4 atom stereocenters. The third kappa shape index (κ3) is 6.04. The van der Waals surface area contributed by atoms with Gasteiger partial charge in [0.05, 0.1) is 11.6 Å². The van der Waals surface area contributed by atoms with Gasteiger partial charge in [-0.25, -0.2) is 9.59 Å². The van der Waals surface area contributed by atoms with Crippen LogP contribution >= 0.6 is 34.5 Å². The third-order valence-electron chi connectivity index (χ3n) is 6.06. The lowest BCUT2D eigenvalue weighted by atomic mass is 9.80. The molecule has 2 bridgehead atoms. The Bertz CT molecular complexity index is 949. The molecule has 1 aromatic carbocycles. The van der Waals surface area contributed by atoms with E-state index in [9.17, 15) is 9.59 Å². The average Bonchev–Trinajstić information content (AvgIpc) is 3.36. The van der Waals surface area contributed by atoms with Gasteiger partial charge in [-0.05, 0) is 49.9 Å². The minimum absolute atomic E-state index is 0.488. The molecular weight excluding hydrogens is 473 g/mol. The van der Waals surface area contributed by atoms with E-state index in [2.05, 4.69) is 29.5 Å². The van der Waals surface area contributed by atoms with Crippen LogP contribution in [0.25, 0.3) is 0 Å². The summed E-state index contributed by atoms with van der Waals surface area (Å²) in [6.07, 6.45) is 4.91. The molecule has 9 heteroatoms. The van der Waals surface area contributed by atoms with E-state index in [0.717, 1.165) is 0 Å². The number of benzene rings is 1. The molecule has 0 aliphatic carbocycles. The molecule has 2 unspecified atom stereocenters. The minimum atomic E-state index is -1.26. The summed E-state index contributed by atoms with van der Waals surface area (Å²) >= 11 is 14.3. The van der Waals surface area contributed by atoms with E-state index < -0.39 is 11.9 Å². The fourth-order valence-electron chi connectivity index (χ4n) is 4.56. The number of thiophene rings is 1. The van der Waals surface area contributed by atoms with Gasteiger partial charge in [0.2, 0.25) is 0 Å². The van der Waals surface area contributed by atoms with Crippen molar-refractivity contribution in [3.63, 3.8) is 0 Å². The molecule has 2 aliphatic rings. The van der Waals surface area contributed by atoms with Crippen molar-refractivity contribution < 1.29 is 24.5 Å². The molecule has 172 valence electrons. The summed E-state index contributed by atoms with van der Waals surface area (Å²) in [5.74, 6) is -0.754. The van der Waals surface area contributed by atoms with Crippen molar-refractivity contribution in [3.8, 4) is 5.75 Å². The maximum absolute atomic E-state index is 9.55. The Morgan fingerprint density at radius 3 is 2.50 bits per heavy atom. The second-order valence-electron chi connectivity index (χ2n) is 7.86. The molecule has 0 saturated carbocycles. The Labute approximate surface area is 201 Å². The molecule has 2 fully saturated rings. The summed E-state index contributed by atoms with van der Waals surface area (Å²) in [6.45, 7) is 0.685. The zero-order chi connectivity index (χ0) is 23.3. The number of rotatable bonds is 6. The Kier molecular flexibility index (Phi) is 8.59. The van der Waals surface area contributed by atoms with Crippen molar-refractivity contribution >= 4 is 46.5 Å². The highest BCUT2D eigenvalue weighted by molar-refractivity contribution is 7.10. The Morgan fingerprint density at radius 1 is 1.16 bits per heavy atom. The van der Waals surface area contributed by atoms with Crippen molar-refractivity contribution in [1.82, 2.24) is 4.90 Å². The van der Waals surface area contributed by atoms with Gasteiger partial charge in [0, 0.05) is 40.9 Å². The molecule has 3 heterocycles. The molecule has 4 rings (SSSR count). The van der Waals surface area contributed by atoms with Crippen molar-refractivity contribution in [2.75, 3.05) is 13.7 Å². The number of ether oxygens (including phenoxy) is 1. The number of fused-ring (bicyclic) bond motifs is 2. The normalized spacial score (nSPS) is 24.7. The molecular formula is C23H25Cl2NO5S. The lowest BCUT2D eigenvalue weighted by molar-refractivity contribution is -0.134. The number of carboxylic acid groups (broad SMARTS) is 2. The second kappa shape index (κ2) is 11.2. The van der Waals surface area contributed by atoms with Gasteiger partial charge in [0.15, 0.2) is 0 Å². The molecule has 6 nitrogen and oxygen atoms in total. The van der Waals surface area contributed by atoms with E-state index in [1.807, 2.05) is 23.5 Å². The molecule has 32 heavy (non-hydrogen) atoms. The smallest absolute Gasteiger partial charge is 0.328 e.